The van der Waals surface area contributed by atoms with E-state index in [4.69, 9.17) is 0 Å². The Morgan fingerprint density at radius 2 is 2.00 bits per heavy atom. The van der Waals surface area contributed by atoms with Gasteiger partial charge in [-0.2, -0.15) is 0 Å². The zero-order chi connectivity index (χ0) is 15.3. The molecular weight excluding hydrogens is 284 g/mol. The predicted molar refractivity (Wildman–Crippen MR) is 86.9 cm³/mol. The molecule has 0 amide bonds. The van der Waals surface area contributed by atoms with E-state index in [-0.39, 0.29) is 6.04 Å². The van der Waals surface area contributed by atoms with E-state index in [2.05, 4.69) is 16.1 Å². The minimum atomic E-state index is -3.47. The van der Waals surface area contributed by atoms with Crippen molar-refractivity contribution < 1.29 is 8.42 Å². The van der Waals surface area contributed by atoms with Gasteiger partial charge >= 0.3 is 0 Å². The number of benzene rings is 1. The lowest BCUT2D eigenvalue weighted by molar-refractivity contribution is 0.570. The maximum Gasteiger partial charge on any atom is 0.242 e. The highest BCUT2D eigenvalue weighted by molar-refractivity contribution is 7.89. The van der Waals surface area contributed by atoms with E-state index in [9.17, 15) is 8.42 Å². The standard InChI is InChI=1S/C16H24N2O2S/c1-13(2)18-21(19,20)16-10-6-5-9-15(16)17-12-11-14-7-3-4-8-14/h5-7,9-10,13,17-18H,3-4,8,11-12H2,1-2H3. The molecule has 5 heteroatoms. The minimum absolute atomic E-state index is 0.119. The van der Waals surface area contributed by atoms with Crippen LogP contribution in [0.25, 0.3) is 0 Å². The monoisotopic (exact) mass is 308 g/mol. The molecule has 0 atom stereocenters. The lowest BCUT2D eigenvalue weighted by Gasteiger charge is -2.15. The smallest absolute Gasteiger partial charge is 0.242 e. The highest BCUT2D eigenvalue weighted by atomic mass is 32.2. The van der Waals surface area contributed by atoms with E-state index in [0.717, 1.165) is 13.0 Å². The summed E-state index contributed by atoms with van der Waals surface area (Å²) < 4.78 is 27.3. The molecule has 21 heavy (non-hydrogen) atoms. The molecule has 0 aromatic heterocycles. The molecular formula is C16H24N2O2S. The number of anilines is 1. The normalized spacial score (nSPS) is 15.3. The van der Waals surface area contributed by atoms with Crippen molar-refractivity contribution in [2.45, 2.75) is 50.5 Å². The quantitative estimate of drug-likeness (QED) is 0.760. The Morgan fingerprint density at radius 3 is 2.67 bits per heavy atom. The van der Waals surface area contributed by atoms with Crippen molar-refractivity contribution in [2.24, 2.45) is 0 Å². The second kappa shape index (κ2) is 7.09. The Morgan fingerprint density at radius 1 is 1.24 bits per heavy atom. The molecule has 1 aliphatic carbocycles. The van der Waals surface area contributed by atoms with Gasteiger partial charge in [0.05, 0.1) is 5.69 Å². The largest absolute Gasteiger partial charge is 0.384 e. The predicted octanol–water partition coefficient (Wildman–Crippen LogP) is 3.29. The average molecular weight is 308 g/mol. The maximum atomic E-state index is 12.3. The van der Waals surface area contributed by atoms with Crippen LogP contribution in [-0.2, 0) is 10.0 Å². The van der Waals surface area contributed by atoms with Gasteiger partial charge in [-0.25, -0.2) is 13.1 Å². The fraction of sp³-hybridized carbons (Fsp3) is 0.500. The fourth-order valence-electron chi connectivity index (χ4n) is 2.54. The van der Waals surface area contributed by atoms with Gasteiger partial charge in [-0.1, -0.05) is 23.8 Å². The Balaban J connectivity index is 2.06. The highest BCUT2D eigenvalue weighted by Gasteiger charge is 2.18. The van der Waals surface area contributed by atoms with E-state index >= 15 is 0 Å². The number of hydrogen-bond donors (Lipinski definition) is 2. The van der Waals surface area contributed by atoms with Crippen molar-refractivity contribution in [3.63, 3.8) is 0 Å². The molecule has 0 radical (unpaired) electrons. The van der Waals surface area contributed by atoms with Gasteiger partial charge in [-0.05, 0) is 51.7 Å². The van der Waals surface area contributed by atoms with Crippen LogP contribution in [-0.4, -0.2) is 21.0 Å². The summed E-state index contributed by atoms with van der Waals surface area (Å²) in [6.07, 6.45) is 6.88. The molecule has 1 aromatic carbocycles. The van der Waals surface area contributed by atoms with Crippen molar-refractivity contribution in [1.29, 1.82) is 0 Å². The van der Waals surface area contributed by atoms with Gasteiger partial charge in [0.2, 0.25) is 10.0 Å². The first-order valence-electron chi connectivity index (χ1n) is 7.52. The topological polar surface area (TPSA) is 58.2 Å². The van der Waals surface area contributed by atoms with Crippen LogP contribution in [0.2, 0.25) is 0 Å². The van der Waals surface area contributed by atoms with Gasteiger partial charge < -0.3 is 5.32 Å². The second-order valence-corrected chi connectivity index (χ2v) is 7.39. The Labute approximate surface area is 127 Å². The molecule has 116 valence electrons. The van der Waals surface area contributed by atoms with Gasteiger partial charge in [0.25, 0.3) is 0 Å². The zero-order valence-corrected chi connectivity index (χ0v) is 13.5. The molecule has 0 spiro atoms. The number of para-hydroxylation sites is 1. The van der Waals surface area contributed by atoms with Gasteiger partial charge in [-0.3, -0.25) is 0 Å². The molecule has 0 fully saturated rings. The minimum Gasteiger partial charge on any atom is -0.384 e. The van der Waals surface area contributed by atoms with Crippen molar-refractivity contribution in [2.75, 3.05) is 11.9 Å². The van der Waals surface area contributed by atoms with Crippen LogP contribution in [0.4, 0.5) is 5.69 Å². The Bertz CT molecular complexity index is 606. The van der Waals surface area contributed by atoms with Gasteiger partial charge in [0, 0.05) is 12.6 Å². The molecule has 2 N–H and O–H groups in total. The van der Waals surface area contributed by atoms with Gasteiger partial charge in [-0.15, -0.1) is 0 Å². The number of hydrogen-bond acceptors (Lipinski definition) is 3. The third-order valence-electron chi connectivity index (χ3n) is 3.46. The summed E-state index contributed by atoms with van der Waals surface area (Å²) in [5.41, 5.74) is 2.15. The summed E-state index contributed by atoms with van der Waals surface area (Å²) >= 11 is 0. The number of nitrogens with one attached hydrogen (secondary N) is 2. The van der Waals surface area contributed by atoms with E-state index in [1.54, 1.807) is 12.1 Å². The van der Waals surface area contributed by atoms with Crippen LogP contribution >= 0.6 is 0 Å². The molecule has 0 heterocycles. The van der Waals surface area contributed by atoms with Crippen molar-refractivity contribution in [1.82, 2.24) is 4.72 Å². The number of allylic oxidation sites excluding steroid dienone is 1. The lowest BCUT2D eigenvalue weighted by Crippen LogP contribution is -2.30. The van der Waals surface area contributed by atoms with Crippen molar-refractivity contribution in [3.05, 3.63) is 35.9 Å². The maximum absolute atomic E-state index is 12.3. The first-order chi connectivity index (χ1) is 9.99. The van der Waals surface area contributed by atoms with Crippen LogP contribution in [0.1, 0.15) is 39.5 Å². The van der Waals surface area contributed by atoms with Crippen molar-refractivity contribution in [3.8, 4) is 0 Å². The van der Waals surface area contributed by atoms with Crippen LogP contribution in [0.3, 0.4) is 0 Å². The van der Waals surface area contributed by atoms with E-state index in [1.165, 1.54) is 24.8 Å². The van der Waals surface area contributed by atoms with Crippen molar-refractivity contribution >= 4 is 15.7 Å². The van der Waals surface area contributed by atoms with Crippen LogP contribution in [0.5, 0.6) is 0 Å². The summed E-state index contributed by atoms with van der Waals surface area (Å²) in [6, 6.07) is 6.94. The fourth-order valence-corrected chi connectivity index (χ4v) is 3.98. The summed E-state index contributed by atoms with van der Waals surface area (Å²) in [7, 11) is -3.47. The van der Waals surface area contributed by atoms with E-state index in [0.29, 0.717) is 10.6 Å². The van der Waals surface area contributed by atoms with E-state index in [1.807, 2.05) is 26.0 Å². The summed E-state index contributed by atoms with van der Waals surface area (Å²) in [5, 5.41) is 3.26. The number of rotatable bonds is 7. The Kier molecular flexibility index (Phi) is 5.42. The SMILES string of the molecule is CC(C)NS(=O)(=O)c1ccccc1NCCC1=CCCC1. The molecule has 0 aliphatic heterocycles. The highest BCUT2D eigenvalue weighted by Crippen LogP contribution is 2.23. The zero-order valence-electron chi connectivity index (χ0n) is 12.7. The summed E-state index contributed by atoms with van der Waals surface area (Å²) in [4.78, 5) is 0.319. The molecule has 2 rings (SSSR count). The molecule has 0 bridgehead atoms. The van der Waals surface area contributed by atoms with Crippen LogP contribution in [0.15, 0.2) is 40.8 Å². The molecule has 1 aliphatic rings. The molecule has 1 aromatic rings. The first kappa shape index (κ1) is 16.0. The van der Waals surface area contributed by atoms with Gasteiger partial charge in [0.15, 0.2) is 0 Å². The molecule has 0 saturated carbocycles. The third-order valence-corrected chi connectivity index (χ3v) is 5.18. The summed E-state index contributed by atoms with van der Waals surface area (Å²) in [5.74, 6) is 0. The van der Waals surface area contributed by atoms with Crippen LogP contribution in [0, 0.1) is 0 Å². The Hall–Kier alpha value is -1.33. The second-order valence-electron chi connectivity index (χ2n) is 5.70. The summed E-state index contributed by atoms with van der Waals surface area (Å²) in [6.45, 7) is 4.40. The average Bonchev–Trinajstić information content (AvgIpc) is 2.91. The molecule has 0 saturated heterocycles. The molecule has 0 unspecified atom stereocenters. The molecule has 4 nitrogen and oxygen atoms in total. The van der Waals surface area contributed by atoms with Crippen LogP contribution < -0.4 is 10.0 Å². The third kappa shape index (κ3) is 4.58. The lowest BCUT2D eigenvalue weighted by atomic mass is 10.1. The van der Waals surface area contributed by atoms with E-state index < -0.39 is 10.0 Å². The first-order valence-corrected chi connectivity index (χ1v) is 9.00. The van der Waals surface area contributed by atoms with Gasteiger partial charge in [0.1, 0.15) is 4.90 Å². The number of sulfonamides is 1.